The van der Waals surface area contributed by atoms with Gasteiger partial charge < -0.3 is 30.3 Å². The lowest BCUT2D eigenvalue weighted by Gasteiger charge is -2.20. The number of aliphatic hydroxyl groups is 2. The van der Waals surface area contributed by atoms with E-state index in [1.807, 2.05) is 41.5 Å². The molecule has 0 aromatic carbocycles. The van der Waals surface area contributed by atoms with Crippen LogP contribution in [0.1, 0.15) is 80.1 Å². The molecule has 2 rings (SSSR count). The van der Waals surface area contributed by atoms with Crippen LogP contribution in [0.2, 0.25) is 0 Å². The molecule has 0 aliphatic heterocycles. The number of rotatable bonds is 4. The smallest absolute Gasteiger partial charge is 0.407 e. The summed E-state index contributed by atoms with van der Waals surface area (Å²) in [5.74, 6) is 0.792. The lowest BCUT2D eigenvalue weighted by molar-refractivity contribution is 0.0507. The first-order valence-corrected chi connectivity index (χ1v) is 11.0. The molecule has 176 valence electrons. The highest BCUT2D eigenvalue weighted by atomic mass is 16.6. The highest BCUT2D eigenvalue weighted by Gasteiger charge is 2.25. The van der Waals surface area contributed by atoms with Crippen molar-refractivity contribution in [1.29, 1.82) is 0 Å². The minimum absolute atomic E-state index is 0.185. The van der Waals surface area contributed by atoms with Crippen LogP contribution in [-0.4, -0.2) is 58.9 Å². The standard InChI is InChI=1S/2C11H21NO3/c2*1-11(2,3)15-10(14)12-7-8-4-5-9(13)6-8/h2*8-9,13H,4-7H2,1-3H3,(H,12,14)/t2*8-,9+/m10/s1. The summed E-state index contributed by atoms with van der Waals surface area (Å²) in [6.07, 6.45) is 4.12. The van der Waals surface area contributed by atoms with E-state index in [1.165, 1.54) is 0 Å². The van der Waals surface area contributed by atoms with E-state index in [4.69, 9.17) is 9.47 Å². The fourth-order valence-electron chi connectivity index (χ4n) is 3.55. The van der Waals surface area contributed by atoms with E-state index in [2.05, 4.69) is 10.6 Å². The van der Waals surface area contributed by atoms with Gasteiger partial charge in [-0.25, -0.2) is 9.59 Å². The molecule has 2 fully saturated rings. The number of amides is 2. The molecule has 0 heterocycles. The van der Waals surface area contributed by atoms with E-state index in [-0.39, 0.29) is 24.4 Å². The van der Waals surface area contributed by atoms with Crippen LogP contribution in [0.25, 0.3) is 0 Å². The maximum absolute atomic E-state index is 11.3. The largest absolute Gasteiger partial charge is 0.444 e. The molecule has 0 bridgehead atoms. The summed E-state index contributed by atoms with van der Waals surface area (Å²) in [5, 5.41) is 24.1. The van der Waals surface area contributed by atoms with E-state index < -0.39 is 11.2 Å². The van der Waals surface area contributed by atoms with Crippen molar-refractivity contribution in [2.24, 2.45) is 11.8 Å². The zero-order valence-corrected chi connectivity index (χ0v) is 19.5. The highest BCUT2D eigenvalue weighted by molar-refractivity contribution is 5.68. The second-order valence-electron chi connectivity index (χ2n) is 10.4. The second kappa shape index (κ2) is 11.7. The lowest BCUT2D eigenvalue weighted by atomic mass is 10.1. The molecular formula is C22H42N2O6. The van der Waals surface area contributed by atoms with Gasteiger partial charge in [-0.3, -0.25) is 0 Å². The van der Waals surface area contributed by atoms with Crippen LogP contribution >= 0.6 is 0 Å². The molecule has 0 saturated heterocycles. The van der Waals surface area contributed by atoms with Crippen LogP contribution < -0.4 is 10.6 Å². The number of nitrogens with one attached hydrogen (secondary N) is 2. The van der Waals surface area contributed by atoms with Gasteiger partial charge in [0, 0.05) is 13.1 Å². The molecule has 0 spiro atoms. The molecule has 2 amide bonds. The third-order valence-corrected chi connectivity index (χ3v) is 4.90. The topological polar surface area (TPSA) is 117 Å². The molecule has 2 saturated carbocycles. The molecule has 0 aromatic heterocycles. The van der Waals surface area contributed by atoms with Crippen molar-refractivity contribution in [1.82, 2.24) is 10.6 Å². The molecule has 0 unspecified atom stereocenters. The summed E-state index contributed by atoms with van der Waals surface area (Å²) in [5.41, 5.74) is -0.890. The van der Waals surface area contributed by atoms with E-state index in [1.54, 1.807) is 0 Å². The molecule has 30 heavy (non-hydrogen) atoms. The fourth-order valence-corrected chi connectivity index (χ4v) is 3.55. The molecular weight excluding hydrogens is 388 g/mol. The van der Waals surface area contributed by atoms with Crippen LogP contribution in [0.15, 0.2) is 0 Å². The lowest BCUT2D eigenvalue weighted by Crippen LogP contribution is -2.35. The van der Waals surface area contributed by atoms with E-state index in [0.717, 1.165) is 38.5 Å². The third kappa shape index (κ3) is 12.9. The zero-order chi connectivity index (χ0) is 22.9. The Labute approximate surface area is 181 Å². The van der Waals surface area contributed by atoms with Crippen LogP contribution in [-0.2, 0) is 9.47 Å². The molecule has 0 radical (unpaired) electrons. The second-order valence-corrected chi connectivity index (χ2v) is 10.4. The van der Waals surface area contributed by atoms with Gasteiger partial charge in [0.15, 0.2) is 0 Å². The van der Waals surface area contributed by atoms with Gasteiger partial charge in [0.1, 0.15) is 11.2 Å². The molecule has 4 atom stereocenters. The first-order chi connectivity index (χ1) is 13.7. The van der Waals surface area contributed by atoms with E-state index in [0.29, 0.717) is 24.9 Å². The van der Waals surface area contributed by atoms with Crippen molar-refractivity contribution < 1.29 is 29.3 Å². The Morgan fingerprint density at radius 3 is 1.30 bits per heavy atom. The van der Waals surface area contributed by atoms with Crippen LogP contribution in [0.5, 0.6) is 0 Å². The average Bonchev–Trinajstić information content (AvgIpc) is 3.17. The third-order valence-electron chi connectivity index (χ3n) is 4.90. The summed E-state index contributed by atoms with van der Waals surface area (Å²) in [6, 6.07) is 0. The molecule has 0 aromatic rings. The minimum Gasteiger partial charge on any atom is -0.444 e. The maximum atomic E-state index is 11.3. The SMILES string of the molecule is CC(C)(C)OC(=O)NC[C@@H]1CC[C@H](O)C1.CC(C)(C)OC(=O)NC[C@H]1CC[C@@H](O)C1. The van der Waals surface area contributed by atoms with Crippen molar-refractivity contribution in [2.75, 3.05) is 13.1 Å². The van der Waals surface area contributed by atoms with Crippen molar-refractivity contribution >= 4 is 12.2 Å². The normalized spacial score (nSPS) is 26.4. The van der Waals surface area contributed by atoms with Gasteiger partial charge in [-0.05, 0) is 91.9 Å². The van der Waals surface area contributed by atoms with Crippen molar-refractivity contribution in [2.45, 2.75) is 103 Å². The van der Waals surface area contributed by atoms with Gasteiger partial charge in [-0.1, -0.05) is 0 Å². The Hall–Kier alpha value is -1.54. The van der Waals surface area contributed by atoms with Gasteiger partial charge >= 0.3 is 12.2 Å². The minimum atomic E-state index is -0.445. The molecule has 4 N–H and O–H groups in total. The zero-order valence-electron chi connectivity index (χ0n) is 19.5. The highest BCUT2D eigenvalue weighted by Crippen LogP contribution is 2.25. The van der Waals surface area contributed by atoms with Crippen LogP contribution in [0.3, 0.4) is 0 Å². The molecule has 8 heteroatoms. The summed E-state index contributed by atoms with van der Waals surface area (Å²) in [6.45, 7) is 12.2. The van der Waals surface area contributed by atoms with E-state index >= 15 is 0 Å². The number of hydrogen-bond acceptors (Lipinski definition) is 6. The number of alkyl carbamates (subject to hydrolysis) is 2. The summed E-state index contributed by atoms with van der Waals surface area (Å²) < 4.78 is 10.2. The monoisotopic (exact) mass is 430 g/mol. The Morgan fingerprint density at radius 2 is 1.07 bits per heavy atom. The fraction of sp³-hybridized carbons (Fsp3) is 0.909. The predicted molar refractivity (Wildman–Crippen MR) is 115 cm³/mol. The van der Waals surface area contributed by atoms with Crippen molar-refractivity contribution in [3.05, 3.63) is 0 Å². The van der Waals surface area contributed by atoms with Crippen molar-refractivity contribution in [3.8, 4) is 0 Å². The molecule has 2 aliphatic carbocycles. The van der Waals surface area contributed by atoms with Gasteiger partial charge in [-0.2, -0.15) is 0 Å². The molecule has 2 aliphatic rings. The van der Waals surface area contributed by atoms with Gasteiger partial charge in [-0.15, -0.1) is 0 Å². The molecule has 8 nitrogen and oxygen atoms in total. The summed E-state index contributed by atoms with van der Waals surface area (Å²) >= 11 is 0. The Balaban J connectivity index is 0.000000300. The van der Waals surface area contributed by atoms with Crippen molar-refractivity contribution in [3.63, 3.8) is 0 Å². The Kier molecular flexibility index (Phi) is 10.4. The number of carbonyl (C=O) groups excluding carboxylic acids is 2. The van der Waals surface area contributed by atoms with E-state index in [9.17, 15) is 19.8 Å². The number of aliphatic hydroxyl groups excluding tert-OH is 2. The quantitative estimate of drug-likeness (QED) is 0.543. The van der Waals surface area contributed by atoms with Gasteiger partial charge in [0.05, 0.1) is 12.2 Å². The number of ether oxygens (including phenoxy) is 2. The first kappa shape index (κ1) is 26.5. The average molecular weight is 431 g/mol. The first-order valence-electron chi connectivity index (χ1n) is 11.0. The summed E-state index contributed by atoms with van der Waals surface area (Å²) in [4.78, 5) is 22.6. The van der Waals surface area contributed by atoms with Gasteiger partial charge in [0.2, 0.25) is 0 Å². The number of hydrogen-bond donors (Lipinski definition) is 4. The van der Waals surface area contributed by atoms with Crippen LogP contribution in [0, 0.1) is 11.8 Å². The number of carbonyl (C=O) groups is 2. The maximum Gasteiger partial charge on any atom is 0.407 e. The summed E-state index contributed by atoms with van der Waals surface area (Å²) in [7, 11) is 0. The predicted octanol–water partition coefficient (Wildman–Crippen LogP) is 3.34. The van der Waals surface area contributed by atoms with Crippen LogP contribution in [0.4, 0.5) is 9.59 Å². The Morgan fingerprint density at radius 1 is 0.733 bits per heavy atom. The Bertz CT molecular complexity index is 493. The van der Waals surface area contributed by atoms with Gasteiger partial charge in [0.25, 0.3) is 0 Å².